The van der Waals surface area contributed by atoms with Crippen LogP contribution in [0.5, 0.6) is 0 Å². The molecule has 19 heavy (non-hydrogen) atoms. The van der Waals surface area contributed by atoms with Gasteiger partial charge in [-0.15, -0.1) is 0 Å². The number of esters is 2. The number of hydrogen-bond acceptors (Lipinski definition) is 7. The number of carboxylic acids is 1. The van der Waals surface area contributed by atoms with Gasteiger partial charge in [0.15, 0.2) is 0 Å². The average molecular weight is 270 g/mol. The minimum absolute atomic E-state index is 0.122. The molecule has 0 radical (unpaired) electrons. The average Bonchev–Trinajstić information content (AvgIpc) is 2.81. The second-order valence-corrected chi connectivity index (χ2v) is 3.83. The van der Waals surface area contributed by atoms with Crippen LogP contribution in [-0.2, 0) is 25.5 Å². The van der Waals surface area contributed by atoms with E-state index in [1.165, 1.54) is 12.5 Å². The van der Waals surface area contributed by atoms with Crippen LogP contribution in [0.4, 0.5) is 0 Å². The Labute approximate surface area is 107 Å². The molecule has 0 unspecified atom stereocenters. The lowest BCUT2D eigenvalue weighted by Gasteiger charge is -2.10. The van der Waals surface area contributed by atoms with Gasteiger partial charge in [-0.25, -0.2) is 9.78 Å². The number of H-pyrrole nitrogens is 1. The van der Waals surface area contributed by atoms with Crippen molar-refractivity contribution in [2.45, 2.75) is 24.9 Å². The molecular formula is C10H14N4O5. The summed E-state index contributed by atoms with van der Waals surface area (Å²) in [5.41, 5.74) is 11.3. The molecule has 9 nitrogen and oxygen atoms in total. The maximum atomic E-state index is 11.4. The first-order chi connectivity index (χ1) is 8.90. The minimum Gasteiger partial charge on any atom is -0.480 e. The van der Waals surface area contributed by atoms with Crippen molar-refractivity contribution < 1.29 is 24.2 Å². The van der Waals surface area contributed by atoms with E-state index in [0.29, 0.717) is 5.69 Å². The summed E-state index contributed by atoms with van der Waals surface area (Å²) in [7, 11) is 0. The molecular weight excluding hydrogens is 256 g/mol. The van der Waals surface area contributed by atoms with E-state index in [-0.39, 0.29) is 6.42 Å². The fourth-order valence-electron chi connectivity index (χ4n) is 1.21. The number of aromatic nitrogens is 2. The number of nitrogens with zero attached hydrogens (tertiary/aromatic N) is 1. The van der Waals surface area contributed by atoms with Gasteiger partial charge in [0.25, 0.3) is 0 Å². The molecule has 0 saturated heterocycles. The quantitative estimate of drug-likeness (QED) is 0.346. The van der Waals surface area contributed by atoms with Crippen molar-refractivity contribution in [2.24, 2.45) is 11.5 Å². The Bertz CT molecular complexity index is 458. The Kier molecular flexibility index (Phi) is 5.15. The van der Waals surface area contributed by atoms with Crippen LogP contribution in [0.15, 0.2) is 12.5 Å². The monoisotopic (exact) mass is 270 g/mol. The van der Waals surface area contributed by atoms with Gasteiger partial charge >= 0.3 is 17.9 Å². The van der Waals surface area contributed by atoms with Crippen LogP contribution in [0.3, 0.4) is 0 Å². The highest BCUT2D eigenvalue weighted by Gasteiger charge is 2.23. The smallest absolute Gasteiger partial charge is 0.330 e. The van der Waals surface area contributed by atoms with E-state index in [1.54, 1.807) is 0 Å². The van der Waals surface area contributed by atoms with Gasteiger partial charge in [0.2, 0.25) is 0 Å². The maximum absolute atomic E-state index is 11.4. The molecule has 0 spiro atoms. The normalized spacial score (nSPS) is 13.6. The van der Waals surface area contributed by atoms with E-state index in [9.17, 15) is 14.4 Å². The van der Waals surface area contributed by atoms with E-state index < -0.39 is 36.4 Å². The molecule has 2 atom stereocenters. The van der Waals surface area contributed by atoms with Gasteiger partial charge in [-0.3, -0.25) is 9.59 Å². The fourth-order valence-corrected chi connectivity index (χ4v) is 1.21. The Morgan fingerprint density at radius 1 is 1.37 bits per heavy atom. The van der Waals surface area contributed by atoms with Crippen molar-refractivity contribution in [2.75, 3.05) is 0 Å². The van der Waals surface area contributed by atoms with Gasteiger partial charge in [-0.05, 0) is 0 Å². The van der Waals surface area contributed by atoms with Gasteiger partial charge in [0.1, 0.15) is 12.1 Å². The first-order valence-corrected chi connectivity index (χ1v) is 5.36. The van der Waals surface area contributed by atoms with Crippen molar-refractivity contribution in [1.82, 2.24) is 9.97 Å². The van der Waals surface area contributed by atoms with Crippen LogP contribution in [0, 0.1) is 0 Å². The summed E-state index contributed by atoms with van der Waals surface area (Å²) in [5.74, 6) is -3.33. The van der Waals surface area contributed by atoms with E-state index in [2.05, 4.69) is 14.7 Å². The predicted molar refractivity (Wildman–Crippen MR) is 61.6 cm³/mol. The van der Waals surface area contributed by atoms with Crippen molar-refractivity contribution in [3.63, 3.8) is 0 Å². The number of carboxylic acid groups (broad SMARTS) is 1. The Hall–Kier alpha value is -2.26. The molecule has 1 aromatic heterocycles. The molecule has 0 aliphatic rings. The molecule has 9 heteroatoms. The fraction of sp³-hybridized carbons (Fsp3) is 0.400. The van der Waals surface area contributed by atoms with Gasteiger partial charge < -0.3 is 26.3 Å². The number of ether oxygens (including phenoxy) is 1. The minimum atomic E-state index is -1.41. The summed E-state index contributed by atoms with van der Waals surface area (Å²) in [6.45, 7) is 0. The lowest BCUT2D eigenvalue weighted by molar-refractivity contribution is -0.162. The third-order valence-electron chi connectivity index (χ3n) is 2.22. The molecule has 1 aromatic rings. The molecule has 1 heterocycles. The number of carbonyl (C=O) groups excluding carboxylic acids is 2. The summed E-state index contributed by atoms with van der Waals surface area (Å²) >= 11 is 0. The van der Waals surface area contributed by atoms with E-state index in [1.807, 2.05) is 0 Å². The lowest BCUT2D eigenvalue weighted by atomic mass is 10.2. The van der Waals surface area contributed by atoms with E-state index in [4.69, 9.17) is 16.6 Å². The van der Waals surface area contributed by atoms with E-state index >= 15 is 0 Å². The van der Waals surface area contributed by atoms with Crippen molar-refractivity contribution in [3.8, 4) is 0 Å². The number of nitrogens with two attached hydrogens (primary N) is 2. The number of nitrogens with one attached hydrogen (secondary N) is 1. The molecule has 0 aromatic carbocycles. The summed E-state index contributed by atoms with van der Waals surface area (Å²) in [6.07, 6.45) is 2.43. The molecule has 104 valence electrons. The highest BCUT2D eigenvalue weighted by atomic mass is 16.6. The van der Waals surface area contributed by atoms with Gasteiger partial charge in [0, 0.05) is 18.3 Å². The first-order valence-electron chi connectivity index (χ1n) is 5.36. The number of imidazole rings is 1. The highest BCUT2D eigenvalue weighted by Crippen LogP contribution is 2.00. The van der Waals surface area contributed by atoms with E-state index in [0.717, 1.165) is 0 Å². The topological polar surface area (TPSA) is 161 Å². The Morgan fingerprint density at radius 2 is 2.05 bits per heavy atom. The molecule has 6 N–H and O–H groups in total. The third-order valence-corrected chi connectivity index (χ3v) is 2.22. The zero-order valence-corrected chi connectivity index (χ0v) is 9.91. The number of aromatic amines is 1. The third kappa shape index (κ3) is 4.85. The largest absolute Gasteiger partial charge is 0.480 e. The summed E-state index contributed by atoms with van der Waals surface area (Å²) in [6, 6.07) is -2.46. The molecule has 0 saturated carbocycles. The zero-order valence-electron chi connectivity index (χ0n) is 9.91. The summed E-state index contributed by atoms with van der Waals surface area (Å²) in [5, 5.41) is 8.49. The molecule has 0 amide bonds. The molecule has 0 aliphatic heterocycles. The van der Waals surface area contributed by atoms with Crippen molar-refractivity contribution in [1.29, 1.82) is 0 Å². The lowest BCUT2D eigenvalue weighted by Crippen LogP contribution is -2.38. The second-order valence-electron chi connectivity index (χ2n) is 3.83. The number of hydrogen-bond donors (Lipinski definition) is 4. The molecule has 0 aliphatic carbocycles. The van der Waals surface area contributed by atoms with Crippen LogP contribution < -0.4 is 11.5 Å². The number of carbonyl (C=O) groups is 3. The number of rotatable bonds is 6. The van der Waals surface area contributed by atoms with Gasteiger partial charge in [0.05, 0.1) is 12.7 Å². The maximum Gasteiger partial charge on any atom is 0.330 e. The zero-order chi connectivity index (χ0) is 14.4. The van der Waals surface area contributed by atoms with Crippen LogP contribution in [0.25, 0.3) is 0 Å². The van der Waals surface area contributed by atoms with Crippen LogP contribution in [0.1, 0.15) is 12.1 Å². The van der Waals surface area contributed by atoms with Crippen molar-refractivity contribution in [3.05, 3.63) is 18.2 Å². The summed E-state index contributed by atoms with van der Waals surface area (Å²) in [4.78, 5) is 39.6. The molecule has 0 bridgehead atoms. The standard InChI is InChI=1S/C10H14N4O5/c11-6(9(16)17)2-8(15)19-10(18)7(12)1-5-3-13-4-14-5/h3-4,6-7H,1-2,11-12H2,(H,13,14)(H,16,17)/t6-,7-/m0/s1. The SMILES string of the molecule is N[C@@H](CC(=O)OC(=O)[C@@H](N)Cc1cnc[nH]1)C(=O)O. The van der Waals surface area contributed by atoms with Gasteiger partial charge in [-0.2, -0.15) is 0 Å². The highest BCUT2D eigenvalue weighted by molar-refractivity contribution is 5.90. The molecule has 1 rings (SSSR count). The predicted octanol–water partition coefficient (Wildman–Crippen LogP) is -1.85. The summed E-state index contributed by atoms with van der Waals surface area (Å²) < 4.78 is 4.40. The number of aliphatic carboxylic acids is 1. The Morgan fingerprint density at radius 3 is 2.58 bits per heavy atom. The first kappa shape index (κ1) is 14.8. The van der Waals surface area contributed by atoms with Crippen LogP contribution in [0.2, 0.25) is 0 Å². The van der Waals surface area contributed by atoms with Crippen molar-refractivity contribution >= 4 is 17.9 Å². The second kappa shape index (κ2) is 6.61. The van der Waals surface area contributed by atoms with Crippen LogP contribution >= 0.6 is 0 Å². The Balaban J connectivity index is 2.41. The van der Waals surface area contributed by atoms with Crippen LogP contribution in [-0.4, -0.2) is 45.1 Å². The van der Waals surface area contributed by atoms with Gasteiger partial charge in [-0.1, -0.05) is 0 Å². The molecule has 0 fully saturated rings.